The maximum atomic E-state index is 13.5. The summed E-state index contributed by atoms with van der Waals surface area (Å²) in [5.74, 6) is -6.16. The first kappa shape index (κ1) is 15.1. The van der Waals surface area contributed by atoms with Crippen molar-refractivity contribution in [2.24, 2.45) is 0 Å². The van der Waals surface area contributed by atoms with Crippen molar-refractivity contribution in [3.8, 4) is 0 Å². The van der Waals surface area contributed by atoms with Gasteiger partial charge >= 0.3 is 0 Å². The first-order valence-corrected chi connectivity index (χ1v) is 7.95. The molecular weight excluding hydrogens is 298 g/mol. The molecule has 0 bridgehead atoms. The molecule has 1 N–H and O–H groups in total. The zero-order valence-corrected chi connectivity index (χ0v) is 11.4. The highest BCUT2D eigenvalue weighted by Gasteiger charge is 2.36. The summed E-state index contributed by atoms with van der Waals surface area (Å²) in [7, 11) is -3.41. The molecule has 0 saturated heterocycles. The molecular formula is C12H13F4NO2S. The Balaban J connectivity index is 2.35. The first-order valence-electron chi connectivity index (χ1n) is 6.00. The third-order valence-corrected chi connectivity index (χ3v) is 5.11. The van der Waals surface area contributed by atoms with E-state index in [0.717, 1.165) is 6.26 Å². The average molecular weight is 311 g/mol. The molecule has 0 aliphatic heterocycles. The summed E-state index contributed by atoms with van der Waals surface area (Å²) in [6, 6.07) is -0.659. The number of sulfone groups is 1. The molecule has 1 aromatic rings. The smallest absolute Gasteiger partial charge is 0.185 e. The molecule has 2 rings (SSSR count). The SMILES string of the molecule is CS(=O)(=O)C1CCCC1Nc1c(F)c(F)cc(F)c1F. The van der Waals surface area contributed by atoms with Crippen LogP contribution < -0.4 is 5.32 Å². The molecule has 0 spiro atoms. The predicted octanol–water partition coefficient (Wildman–Crippen LogP) is 2.62. The van der Waals surface area contributed by atoms with E-state index in [4.69, 9.17) is 0 Å². The monoisotopic (exact) mass is 311 g/mol. The Hall–Kier alpha value is -1.31. The summed E-state index contributed by atoms with van der Waals surface area (Å²) in [6.07, 6.45) is 2.28. The molecule has 8 heteroatoms. The Labute approximate surface area is 113 Å². The van der Waals surface area contributed by atoms with Gasteiger partial charge in [0.25, 0.3) is 0 Å². The fourth-order valence-corrected chi connectivity index (χ4v) is 3.88. The second-order valence-corrected chi connectivity index (χ2v) is 7.16. The summed E-state index contributed by atoms with van der Waals surface area (Å²) in [6.45, 7) is 0. The molecule has 3 nitrogen and oxygen atoms in total. The van der Waals surface area contributed by atoms with Gasteiger partial charge in [-0.15, -0.1) is 0 Å². The van der Waals surface area contributed by atoms with Crippen LogP contribution in [0.25, 0.3) is 0 Å². The van der Waals surface area contributed by atoms with E-state index >= 15 is 0 Å². The molecule has 1 saturated carbocycles. The number of hydrogen-bond acceptors (Lipinski definition) is 3. The molecule has 0 radical (unpaired) electrons. The van der Waals surface area contributed by atoms with Gasteiger partial charge < -0.3 is 5.32 Å². The van der Waals surface area contributed by atoms with Crippen molar-refractivity contribution in [3.63, 3.8) is 0 Å². The van der Waals surface area contributed by atoms with E-state index in [1.54, 1.807) is 0 Å². The predicted molar refractivity (Wildman–Crippen MR) is 66.2 cm³/mol. The maximum absolute atomic E-state index is 13.5. The summed E-state index contributed by atoms with van der Waals surface area (Å²) in [5, 5.41) is 1.48. The van der Waals surface area contributed by atoms with Crippen LogP contribution in [0.1, 0.15) is 19.3 Å². The summed E-state index contributed by atoms with van der Waals surface area (Å²) in [5.41, 5.74) is -0.956. The third-order valence-electron chi connectivity index (χ3n) is 3.44. The van der Waals surface area contributed by atoms with E-state index in [2.05, 4.69) is 5.32 Å². The van der Waals surface area contributed by atoms with Gasteiger partial charge in [0.05, 0.1) is 5.25 Å². The highest BCUT2D eigenvalue weighted by molar-refractivity contribution is 7.91. The molecule has 1 aromatic carbocycles. The van der Waals surface area contributed by atoms with E-state index in [0.29, 0.717) is 19.3 Å². The molecule has 1 aliphatic carbocycles. The van der Waals surface area contributed by atoms with Gasteiger partial charge in [-0.05, 0) is 19.3 Å². The van der Waals surface area contributed by atoms with Crippen molar-refractivity contribution < 1.29 is 26.0 Å². The lowest BCUT2D eigenvalue weighted by molar-refractivity contribution is 0.456. The van der Waals surface area contributed by atoms with Crippen LogP contribution in [-0.4, -0.2) is 26.0 Å². The van der Waals surface area contributed by atoms with Crippen molar-refractivity contribution in [2.45, 2.75) is 30.6 Å². The van der Waals surface area contributed by atoms with Crippen molar-refractivity contribution in [1.82, 2.24) is 0 Å². The van der Waals surface area contributed by atoms with Crippen LogP contribution >= 0.6 is 0 Å². The van der Waals surface area contributed by atoms with Gasteiger partial charge in [-0.25, -0.2) is 26.0 Å². The average Bonchev–Trinajstić information content (AvgIpc) is 2.80. The normalized spacial score (nSPS) is 23.1. The molecule has 2 atom stereocenters. The number of benzene rings is 1. The Morgan fingerprint density at radius 3 is 2.15 bits per heavy atom. The maximum Gasteiger partial charge on any atom is 0.185 e. The highest BCUT2D eigenvalue weighted by atomic mass is 32.2. The lowest BCUT2D eigenvalue weighted by Crippen LogP contribution is -2.35. The van der Waals surface area contributed by atoms with Gasteiger partial charge in [-0.3, -0.25) is 0 Å². The fraction of sp³-hybridized carbons (Fsp3) is 0.500. The highest BCUT2D eigenvalue weighted by Crippen LogP contribution is 2.31. The Bertz CT molecular complexity index is 607. The fourth-order valence-electron chi connectivity index (χ4n) is 2.49. The standard InChI is InChI=1S/C12H13F4NO2S/c1-20(18,19)9-4-2-3-8(9)17-12-10(15)6(13)5-7(14)11(12)16/h5,8-9,17H,2-4H2,1H3. The molecule has 1 aliphatic rings. The Kier molecular flexibility index (Phi) is 3.95. The molecule has 0 heterocycles. The van der Waals surface area contributed by atoms with Gasteiger partial charge in [-0.2, -0.15) is 0 Å². The number of rotatable bonds is 3. The van der Waals surface area contributed by atoms with E-state index in [1.165, 1.54) is 0 Å². The van der Waals surface area contributed by atoms with Gasteiger partial charge in [-0.1, -0.05) is 0 Å². The lowest BCUT2D eigenvalue weighted by Gasteiger charge is -2.21. The van der Waals surface area contributed by atoms with E-state index < -0.39 is 50.1 Å². The van der Waals surface area contributed by atoms with Crippen LogP contribution in [0.15, 0.2) is 6.07 Å². The van der Waals surface area contributed by atoms with E-state index in [-0.39, 0.29) is 6.07 Å². The number of hydrogen-bond donors (Lipinski definition) is 1. The van der Waals surface area contributed by atoms with Gasteiger partial charge in [0.15, 0.2) is 33.1 Å². The topological polar surface area (TPSA) is 46.2 Å². The summed E-state index contributed by atoms with van der Waals surface area (Å²) >= 11 is 0. The quantitative estimate of drug-likeness (QED) is 0.689. The molecule has 112 valence electrons. The van der Waals surface area contributed by atoms with Crippen molar-refractivity contribution in [3.05, 3.63) is 29.3 Å². The minimum Gasteiger partial charge on any atom is -0.376 e. The van der Waals surface area contributed by atoms with Crippen LogP contribution in [-0.2, 0) is 9.84 Å². The van der Waals surface area contributed by atoms with Gasteiger partial charge in [0.2, 0.25) is 0 Å². The Morgan fingerprint density at radius 2 is 1.65 bits per heavy atom. The van der Waals surface area contributed by atoms with Crippen LogP contribution in [0, 0.1) is 23.3 Å². The van der Waals surface area contributed by atoms with Gasteiger partial charge in [0.1, 0.15) is 5.69 Å². The number of halogens is 4. The second-order valence-electron chi connectivity index (χ2n) is 4.89. The number of anilines is 1. The van der Waals surface area contributed by atoms with Crippen molar-refractivity contribution >= 4 is 15.5 Å². The first-order chi connectivity index (χ1) is 9.21. The van der Waals surface area contributed by atoms with Crippen LogP contribution in [0.3, 0.4) is 0 Å². The van der Waals surface area contributed by atoms with E-state index in [9.17, 15) is 26.0 Å². The summed E-state index contributed by atoms with van der Waals surface area (Å²) in [4.78, 5) is 0. The van der Waals surface area contributed by atoms with Crippen LogP contribution in [0.4, 0.5) is 23.2 Å². The zero-order chi connectivity index (χ0) is 15.1. The molecule has 0 amide bonds. The largest absolute Gasteiger partial charge is 0.376 e. The third kappa shape index (κ3) is 2.74. The van der Waals surface area contributed by atoms with Crippen molar-refractivity contribution in [1.29, 1.82) is 0 Å². The number of nitrogens with one attached hydrogen (secondary N) is 1. The zero-order valence-electron chi connectivity index (χ0n) is 10.6. The molecule has 20 heavy (non-hydrogen) atoms. The van der Waals surface area contributed by atoms with Crippen LogP contribution in [0.5, 0.6) is 0 Å². The van der Waals surface area contributed by atoms with Crippen LogP contribution in [0.2, 0.25) is 0 Å². The minimum atomic E-state index is -3.41. The summed E-state index contributed by atoms with van der Waals surface area (Å²) < 4.78 is 76.3. The van der Waals surface area contributed by atoms with E-state index in [1.807, 2.05) is 0 Å². The lowest BCUT2D eigenvalue weighted by atomic mass is 10.2. The molecule has 2 unspecified atom stereocenters. The minimum absolute atomic E-state index is 0.110. The van der Waals surface area contributed by atoms with Gasteiger partial charge in [0, 0.05) is 18.4 Å². The Morgan fingerprint density at radius 1 is 1.10 bits per heavy atom. The molecule has 0 aromatic heterocycles. The molecule has 1 fully saturated rings. The van der Waals surface area contributed by atoms with Crippen molar-refractivity contribution in [2.75, 3.05) is 11.6 Å². The second kappa shape index (κ2) is 5.23.